The molecule has 2 saturated heterocycles. The van der Waals surface area contributed by atoms with Crippen molar-refractivity contribution in [3.8, 4) is 23.5 Å². The first-order valence-corrected chi connectivity index (χ1v) is 23.5. The van der Waals surface area contributed by atoms with E-state index in [9.17, 15) is 8.78 Å². The molecule has 0 radical (unpaired) electrons. The SMILES string of the molecule is COCn1nc(Br)nc1Oc1cc(F)cc(Cl)c1.COCn1nc(CC2C3CCC2CN(c2cc(C)ncn2)C3)nc1Oc1cc(F)cc(Cl)c1.Cc1cc(N2CC3CCC(C2)C3N)ncn1. The number of methoxy groups -OCH3 is 2. The molecule has 4 unspecified atom stereocenters. The Hall–Kier alpha value is -5.12. The van der Waals surface area contributed by atoms with E-state index in [2.05, 4.69) is 78.0 Å². The molecule has 17 nitrogen and oxygen atoms in total. The molecule has 2 N–H and O–H groups in total. The number of rotatable bonds is 12. The Bertz CT molecular complexity index is 2560. The van der Waals surface area contributed by atoms with E-state index in [0.29, 0.717) is 46.2 Å². The second-order valence-electron chi connectivity index (χ2n) is 17.2. The molecule has 6 heterocycles. The van der Waals surface area contributed by atoms with Crippen LogP contribution in [0, 0.1) is 55.1 Å². The van der Waals surface area contributed by atoms with Crippen molar-refractivity contribution in [2.24, 2.45) is 35.3 Å². The zero-order valence-corrected chi connectivity index (χ0v) is 40.6. The van der Waals surface area contributed by atoms with E-state index in [4.69, 9.17) is 47.9 Å². The maximum Gasteiger partial charge on any atom is 0.323 e. The van der Waals surface area contributed by atoms with Gasteiger partial charge in [-0.1, -0.05) is 23.2 Å². The van der Waals surface area contributed by atoms with Crippen molar-refractivity contribution < 1.29 is 27.7 Å². The van der Waals surface area contributed by atoms with Gasteiger partial charge in [0.05, 0.1) is 0 Å². The maximum atomic E-state index is 13.7. The Kier molecular flexibility index (Phi) is 15.8. The zero-order chi connectivity index (χ0) is 47.2. The summed E-state index contributed by atoms with van der Waals surface area (Å²) in [5, 5.41) is 9.09. The lowest BCUT2D eigenvalue weighted by molar-refractivity contribution is 0.112. The van der Waals surface area contributed by atoms with Gasteiger partial charge >= 0.3 is 12.0 Å². The lowest BCUT2D eigenvalue weighted by Crippen LogP contribution is -2.49. The summed E-state index contributed by atoms with van der Waals surface area (Å²) in [6.07, 6.45) is 9.01. The summed E-state index contributed by atoms with van der Waals surface area (Å²) in [4.78, 5) is 30.5. The molecular weight excluding hydrogens is 975 g/mol. The Labute approximate surface area is 405 Å². The Morgan fingerprint density at radius 2 is 1.10 bits per heavy atom. The molecule has 4 atom stereocenters. The average molecular weight is 1030 g/mol. The lowest BCUT2D eigenvalue weighted by atomic mass is 9.82. The highest BCUT2D eigenvalue weighted by Gasteiger charge is 2.43. The minimum absolute atomic E-state index is 0.164. The van der Waals surface area contributed by atoms with Crippen molar-refractivity contribution in [3.63, 3.8) is 0 Å². The lowest BCUT2D eigenvalue weighted by Gasteiger charge is -2.38. The summed E-state index contributed by atoms with van der Waals surface area (Å²) >= 11 is 14.8. The van der Waals surface area contributed by atoms with Gasteiger partial charge in [0.2, 0.25) is 4.73 Å². The molecule has 4 fully saturated rings. The largest absolute Gasteiger partial charge is 0.424 e. The summed E-state index contributed by atoms with van der Waals surface area (Å²) in [6, 6.07) is 12.9. The molecule has 4 aliphatic rings. The van der Waals surface area contributed by atoms with E-state index < -0.39 is 11.6 Å². The standard InChI is InChI=1S/C23H26ClFN6O2.C12H18N4.C10H8BrClFN3O2/c1-14-5-22(27-12-26-14)30-10-15-3-4-16(11-30)20(15)9-21-28-23(31(29-21)13-32-2)33-19-7-17(24)6-18(25)8-19;1-8-4-11(15-7-14-8)16-5-9-2-3-10(6-16)12(9)13;1-17-5-16-10(14-9(11)15-16)18-8-3-6(12)2-7(13)4-8/h5-8,12,15-16,20H,3-4,9-11,13H2,1-2H3;4,7,9-10,12H,2-3,5-6,13H2,1H3;2-4H,5H2,1H3. The number of anilines is 2. The van der Waals surface area contributed by atoms with Crippen LogP contribution in [-0.4, -0.2) is 95.9 Å². The molecule has 2 aliphatic carbocycles. The average Bonchev–Trinajstić information content (AvgIpc) is 3.93. The number of halogens is 5. The van der Waals surface area contributed by atoms with Crippen LogP contribution >= 0.6 is 39.1 Å². The van der Waals surface area contributed by atoms with Gasteiger partial charge in [0.15, 0.2) is 5.82 Å². The number of hydrogen-bond acceptors (Lipinski definition) is 15. The predicted octanol–water partition coefficient (Wildman–Crippen LogP) is 8.46. The van der Waals surface area contributed by atoms with E-state index >= 15 is 0 Å². The van der Waals surface area contributed by atoms with Crippen LogP contribution in [0.2, 0.25) is 10.0 Å². The molecule has 2 aromatic carbocycles. The number of nitrogens with zero attached hydrogens (tertiary/aromatic N) is 12. The fraction of sp³-hybridized carbons (Fsp3) is 0.467. The predicted molar refractivity (Wildman–Crippen MR) is 250 cm³/mol. The maximum absolute atomic E-state index is 13.7. The minimum Gasteiger partial charge on any atom is -0.424 e. The highest BCUT2D eigenvalue weighted by Crippen LogP contribution is 2.44. The van der Waals surface area contributed by atoms with Gasteiger partial charge in [0, 0.05) is 98.6 Å². The van der Waals surface area contributed by atoms with Crippen LogP contribution in [0.3, 0.4) is 0 Å². The number of piperidine rings is 2. The monoisotopic (exact) mass is 1030 g/mol. The Balaban J connectivity index is 0.000000150. The molecule has 6 aromatic rings. The van der Waals surface area contributed by atoms with Crippen LogP contribution in [0.15, 0.2) is 65.9 Å². The molecule has 4 aromatic heterocycles. The van der Waals surface area contributed by atoms with Gasteiger partial charge in [0.25, 0.3) is 0 Å². The fourth-order valence-electron chi connectivity index (χ4n) is 9.45. The van der Waals surface area contributed by atoms with Crippen LogP contribution in [0.1, 0.15) is 42.9 Å². The van der Waals surface area contributed by atoms with E-state index in [-0.39, 0.29) is 47.0 Å². The number of benzene rings is 2. The molecule has 10 rings (SSSR count). The topological polar surface area (TPSA) is 182 Å². The molecule has 4 bridgehead atoms. The fourth-order valence-corrected chi connectivity index (χ4v) is 10.2. The molecule has 0 spiro atoms. The van der Waals surface area contributed by atoms with E-state index in [1.165, 1.54) is 67.8 Å². The van der Waals surface area contributed by atoms with Crippen molar-refractivity contribution >= 4 is 50.8 Å². The van der Waals surface area contributed by atoms with Crippen molar-refractivity contribution in [2.45, 2.75) is 65.5 Å². The third kappa shape index (κ3) is 12.3. The number of nitrogens with two attached hydrogens (primary N) is 1. The van der Waals surface area contributed by atoms with Gasteiger partial charge in [-0.3, -0.25) is 0 Å². The molecule has 67 heavy (non-hydrogen) atoms. The molecule has 356 valence electrons. The summed E-state index contributed by atoms with van der Waals surface area (Å²) in [5.41, 5.74) is 8.21. The highest BCUT2D eigenvalue weighted by molar-refractivity contribution is 9.10. The van der Waals surface area contributed by atoms with Crippen LogP contribution in [0.25, 0.3) is 0 Å². The summed E-state index contributed by atoms with van der Waals surface area (Å²) in [5.74, 6) is 5.25. The van der Waals surface area contributed by atoms with Crippen LogP contribution in [0.4, 0.5) is 20.4 Å². The van der Waals surface area contributed by atoms with E-state index in [1.54, 1.807) is 30.5 Å². The Morgan fingerprint density at radius 1 is 0.642 bits per heavy atom. The van der Waals surface area contributed by atoms with Gasteiger partial charge in [-0.25, -0.2) is 28.7 Å². The van der Waals surface area contributed by atoms with Crippen molar-refractivity contribution in [2.75, 3.05) is 50.2 Å². The Morgan fingerprint density at radius 3 is 1.58 bits per heavy atom. The summed E-state index contributed by atoms with van der Waals surface area (Å²) in [7, 11) is 3.09. The molecule has 2 aliphatic heterocycles. The molecule has 2 saturated carbocycles. The minimum atomic E-state index is -0.491. The smallest absolute Gasteiger partial charge is 0.323 e. The number of hydrogen-bond donors (Lipinski definition) is 1. The van der Waals surface area contributed by atoms with Gasteiger partial charge in [0.1, 0.15) is 60.9 Å². The number of aromatic nitrogens is 10. The van der Waals surface area contributed by atoms with Crippen molar-refractivity contribution in [3.05, 3.63) is 105 Å². The second kappa shape index (κ2) is 21.9. The highest BCUT2D eigenvalue weighted by atomic mass is 79.9. The number of ether oxygens (including phenoxy) is 4. The zero-order valence-electron chi connectivity index (χ0n) is 37.5. The normalized spacial score (nSPS) is 21.6. The first kappa shape index (κ1) is 48.3. The molecule has 22 heteroatoms. The molecular formula is C45H52BrCl2F2N13O4. The number of aryl methyl sites for hydroxylation is 2. The van der Waals surface area contributed by atoms with Gasteiger partial charge in [-0.05, 0) is 109 Å². The third-order valence-electron chi connectivity index (χ3n) is 12.5. The quantitative estimate of drug-likeness (QED) is 0.123. The van der Waals surface area contributed by atoms with Crippen LogP contribution in [-0.2, 0) is 29.4 Å². The van der Waals surface area contributed by atoms with Gasteiger partial charge < -0.3 is 34.5 Å². The van der Waals surface area contributed by atoms with E-state index in [0.717, 1.165) is 55.6 Å². The van der Waals surface area contributed by atoms with Gasteiger partial charge in [-0.15, -0.1) is 5.10 Å². The first-order chi connectivity index (χ1) is 32.3. The first-order valence-electron chi connectivity index (χ1n) is 21.9. The van der Waals surface area contributed by atoms with Crippen LogP contribution < -0.4 is 25.0 Å². The van der Waals surface area contributed by atoms with Crippen molar-refractivity contribution in [1.29, 1.82) is 0 Å². The van der Waals surface area contributed by atoms with Crippen molar-refractivity contribution in [1.82, 2.24) is 49.5 Å². The number of fused-ring (bicyclic) bond motifs is 4. The molecule has 0 amide bonds. The summed E-state index contributed by atoms with van der Waals surface area (Å²) < 4.78 is 51.5. The van der Waals surface area contributed by atoms with Gasteiger partial charge in [-0.2, -0.15) is 24.4 Å². The van der Waals surface area contributed by atoms with Crippen LogP contribution in [0.5, 0.6) is 23.5 Å². The summed E-state index contributed by atoms with van der Waals surface area (Å²) in [6.45, 7) is 8.42. The van der Waals surface area contributed by atoms with E-state index in [1.807, 2.05) is 13.8 Å². The third-order valence-corrected chi connectivity index (χ3v) is 13.2. The second-order valence-corrected chi connectivity index (χ2v) is 18.8.